The van der Waals surface area contributed by atoms with Gasteiger partial charge in [-0.15, -0.1) is 0 Å². The summed E-state index contributed by atoms with van der Waals surface area (Å²) in [6, 6.07) is 13.9. The summed E-state index contributed by atoms with van der Waals surface area (Å²) in [5.41, 5.74) is 1.19. The van der Waals surface area contributed by atoms with E-state index in [1.54, 1.807) is 19.1 Å². The van der Waals surface area contributed by atoms with E-state index >= 15 is 0 Å². The van der Waals surface area contributed by atoms with Crippen molar-refractivity contribution >= 4 is 21.7 Å². The van der Waals surface area contributed by atoms with E-state index in [0.717, 1.165) is 28.1 Å². The summed E-state index contributed by atoms with van der Waals surface area (Å²) >= 11 is 0. The molecule has 172 valence electrons. The van der Waals surface area contributed by atoms with Crippen LogP contribution in [0, 0.1) is 18.6 Å². The molecule has 4 rings (SSSR count). The second-order valence-corrected chi connectivity index (χ2v) is 9.69. The average molecular weight is 473 g/mol. The molecule has 33 heavy (non-hydrogen) atoms. The summed E-state index contributed by atoms with van der Waals surface area (Å²) in [5, 5.41) is 9.03. The fourth-order valence-electron chi connectivity index (χ4n) is 3.76. The van der Waals surface area contributed by atoms with Crippen molar-refractivity contribution in [1.82, 2.24) is 0 Å². The number of carbonyl (C=O) groups is 1. The molecule has 0 saturated carbocycles. The van der Waals surface area contributed by atoms with Gasteiger partial charge in [0.25, 0.3) is 10.0 Å². The Labute approximate surface area is 190 Å². The zero-order valence-corrected chi connectivity index (χ0v) is 18.5. The molecule has 0 spiro atoms. The van der Waals surface area contributed by atoms with Gasteiger partial charge in [-0.3, -0.25) is 9.10 Å². The number of hydrogen-bond donors (Lipinski definition) is 1. The molecule has 0 aliphatic carbocycles. The highest BCUT2D eigenvalue weighted by Gasteiger charge is 2.35. The fraction of sp³-hybridized carbons (Fsp3) is 0.208. The van der Waals surface area contributed by atoms with Crippen molar-refractivity contribution in [1.29, 1.82) is 0 Å². The smallest absolute Gasteiger partial charge is 0.303 e. The number of benzene rings is 3. The third-order valence-electron chi connectivity index (χ3n) is 5.39. The largest absolute Gasteiger partial charge is 0.486 e. The van der Waals surface area contributed by atoms with Gasteiger partial charge in [0.2, 0.25) is 0 Å². The van der Waals surface area contributed by atoms with Gasteiger partial charge in [0, 0.05) is 12.0 Å². The Kier molecular flexibility index (Phi) is 6.07. The van der Waals surface area contributed by atoms with Gasteiger partial charge < -0.3 is 9.84 Å². The standard InChI is InChI=1S/C24H21F2NO5S/c1-15-3-2-4-19(11-15)33(30,31)27-14-18(7-10-24(28)29)32-23-9-5-16(12-22(23)27)20-13-17(25)6-8-21(20)26/h2-6,8-9,11-13,18H,7,10,14H2,1H3,(H,28,29)/t18-/m1/s1. The Morgan fingerprint density at radius 1 is 1.12 bits per heavy atom. The number of nitrogens with zero attached hydrogens (tertiary/aromatic N) is 1. The van der Waals surface area contributed by atoms with Gasteiger partial charge in [0.1, 0.15) is 23.5 Å². The monoisotopic (exact) mass is 473 g/mol. The van der Waals surface area contributed by atoms with Gasteiger partial charge in [-0.1, -0.05) is 18.2 Å². The molecule has 0 aromatic heterocycles. The predicted molar refractivity (Wildman–Crippen MR) is 119 cm³/mol. The minimum atomic E-state index is -4.05. The van der Waals surface area contributed by atoms with E-state index < -0.39 is 33.7 Å². The Bertz CT molecular complexity index is 1330. The number of fused-ring (bicyclic) bond motifs is 1. The number of sulfonamides is 1. The van der Waals surface area contributed by atoms with E-state index in [1.807, 2.05) is 0 Å². The van der Waals surface area contributed by atoms with Crippen LogP contribution in [0.3, 0.4) is 0 Å². The molecule has 1 atom stereocenters. The van der Waals surface area contributed by atoms with Gasteiger partial charge in [-0.25, -0.2) is 17.2 Å². The molecule has 1 aliphatic heterocycles. The highest BCUT2D eigenvalue weighted by molar-refractivity contribution is 7.92. The van der Waals surface area contributed by atoms with E-state index in [2.05, 4.69) is 0 Å². The number of aliphatic carboxylic acids is 1. The number of halogens is 2. The summed E-state index contributed by atoms with van der Waals surface area (Å²) in [5.74, 6) is -2.08. The van der Waals surface area contributed by atoms with E-state index in [4.69, 9.17) is 9.84 Å². The predicted octanol–water partition coefficient (Wildman–Crippen LogP) is 4.76. The lowest BCUT2D eigenvalue weighted by molar-refractivity contribution is -0.137. The maximum absolute atomic E-state index is 14.4. The summed E-state index contributed by atoms with van der Waals surface area (Å²) in [6.45, 7) is 1.65. The van der Waals surface area contributed by atoms with Crippen LogP contribution in [0.25, 0.3) is 11.1 Å². The number of ether oxygens (including phenoxy) is 1. The maximum Gasteiger partial charge on any atom is 0.303 e. The molecule has 3 aromatic carbocycles. The van der Waals surface area contributed by atoms with Crippen LogP contribution in [0.2, 0.25) is 0 Å². The third kappa shape index (κ3) is 4.68. The maximum atomic E-state index is 14.4. The lowest BCUT2D eigenvalue weighted by Gasteiger charge is -2.35. The summed E-state index contributed by atoms with van der Waals surface area (Å²) < 4.78 is 62.3. The molecule has 1 heterocycles. The first kappa shape index (κ1) is 22.7. The molecule has 1 aliphatic rings. The first-order chi connectivity index (χ1) is 15.6. The highest BCUT2D eigenvalue weighted by atomic mass is 32.2. The summed E-state index contributed by atoms with van der Waals surface area (Å²) in [4.78, 5) is 11.1. The lowest BCUT2D eigenvalue weighted by Crippen LogP contribution is -2.43. The van der Waals surface area contributed by atoms with Gasteiger partial charge >= 0.3 is 5.97 Å². The van der Waals surface area contributed by atoms with Crippen molar-refractivity contribution in [2.75, 3.05) is 10.8 Å². The highest BCUT2D eigenvalue weighted by Crippen LogP contribution is 2.41. The number of carboxylic acids is 1. The fourth-order valence-corrected chi connectivity index (χ4v) is 5.37. The Morgan fingerprint density at radius 2 is 1.91 bits per heavy atom. The number of carboxylic acid groups (broad SMARTS) is 1. The van der Waals surface area contributed by atoms with Crippen LogP contribution in [0.5, 0.6) is 5.75 Å². The zero-order chi connectivity index (χ0) is 23.8. The van der Waals surface area contributed by atoms with E-state index in [0.29, 0.717) is 0 Å². The summed E-state index contributed by atoms with van der Waals surface area (Å²) in [6.07, 6.45) is -0.773. The van der Waals surface area contributed by atoms with Crippen molar-refractivity contribution in [3.05, 3.63) is 77.9 Å². The van der Waals surface area contributed by atoms with Crippen LogP contribution in [-0.2, 0) is 14.8 Å². The topological polar surface area (TPSA) is 83.9 Å². The number of hydrogen-bond acceptors (Lipinski definition) is 4. The van der Waals surface area contributed by atoms with Crippen LogP contribution < -0.4 is 9.04 Å². The van der Waals surface area contributed by atoms with Crippen molar-refractivity contribution in [3.8, 4) is 16.9 Å². The van der Waals surface area contributed by atoms with Gasteiger partial charge in [-0.2, -0.15) is 0 Å². The average Bonchev–Trinajstić information content (AvgIpc) is 2.78. The quantitative estimate of drug-likeness (QED) is 0.558. The van der Waals surface area contributed by atoms with E-state index in [9.17, 15) is 22.0 Å². The van der Waals surface area contributed by atoms with Crippen molar-refractivity contribution in [2.24, 2.45) is 0 Å². The molecule has 0 unspecified atom stereocenters. The van der Waals surface area contributed by atoms with Crippen LogP contribution in [0.1, 0.15) is 18.4 Å². The third-order valence-corrected chi connectivity index (χ3v) is 7.16. The van der Waals surface area contributed by atoms with Crippen LogP contribution in [0.4, 0.5) is 14.5 Å². The van der Waals surface area contributed by atoms with Crippen molar-refractivity contribution < 1.29 is 31.8 Å². The molecule has 6 nitrogen and oxygen atoms in total. The van der Waals surface area contributed by atoms with Crippen LogP contribution in [0.15, 0.2) is 65.6 Å². The second kappa shape index (κ2) is 8.82. The van der Waals surface area contributed by atoms with Gasteiger partial charge in [0.05, 0.1) is 17.1 Å². The first-order valence-electron chi connectivity index (χ1n) is 10.2. The van der Waals surface area contributed by atoms with Crippen LogP contribution in [-0.4, -0.2) is 32.1 Å². The number of aryl methyl sites for hydroxylation is 1. The molecule has 0 saturated heterocycles. The minimum Gasteiger partial charge on any atom is -0.486 e. The van der Waals surface area contributed by atoms with Crippen molar-refractivity contribution in [3.63, 3.8) is 0 Å². The zero-order valence-electron chi connectivity index (χ0n) is 17.7. The molecular formula is C24H21F2NO5S. The number of rotatable bonds is 6. The van der Waals surface area contributed by atoms with Crippen LogP contribution >= 0.6 is 0 Å². The van der Waals surface area contributed by atoms with Gasteiger partial charge in [-0.05, 0) is 66.9 Å². The molecular weight excluding hydrogens is 452 g/mol. The Hall–Kier alpha value is -3.46. The minimum absolute atomic E-state index is 0.0151. The Morgan fingerprint density at radius 3 is 2.64 bits per heavy atom. The SMILES string of the molecule is Cc1cccc(S(=O)(=O)N2C[C@@H](CCC(=O)O)Oc3ccc(-c4cc(F)ccc4F)cc32)c1. The molecule has 0 bridgehead atoms. The van der Waals surface area contributed by atoms with Gasteiger partial charge in [0.15, 0.2) is 0 Å². The number of anilines is 1. The molecule has 0 radical (unpaired) electrons. The molecule has 1 N–H and O–H groups in total. The second-order valence-electron chi connectivity index (χ2n) is 7.83. The molecule has 3 aromatic rings. The first-order valence-corrected chi connectivity index (χ1v) is 11.7. The molecule has 0 amide bonds. The summed E-state index contributed by atoms with van der Waals surface area (Å²) in [7, 11) is -4.05. The Balaban J connectivity index is 1.82. The van der Waals surface area contributed by atoms with E-state index in [-0.39, 0.29) is 46.8 Å². The molecule has 0 fully saturated rings. The van der Waals surface area contributed by atoms with Crippen molar-refractivity contribution in [2.45, 2.75) is 30.8 Å². The normalized spacial score (nSPS) is 15.6. The molecule has 9 heteroatoms. The van der Waals surface area contributed by atoms with E-state index in [1.165, 1.54) is 30.3 Å². The lowest BCUT2D eigenvalue weighted by atomic mass is 10.0.